The van der Waals surface area contributed by atoms with Crippen LogP contribution in [0.2, 0.25) is 0 Å². The van der Waals surface area contributed by atoms with E-state index in [0.29, 0.717) is 0 Å². The van der Waals surface area contributed by atoms with Gasteiger partial charge in [-0.25, -0.2) is 0 Å². The molecular formula is C27H25N. The van der Waals surface area contributed by atoms with Gasteiger partial charge in [0.05, 0.1) is 5.69 Å². The highest BCUT2D eigenvalue weighted by molar-refractivity contribution is 5.68. The second kappa shape index (κ2) is 5.35. The van der Waals surface area contributed by atoms with Gasteiger partial charge in [0, 0.05) is 17.3 Å². The van der Waals surface area contributed by atoms with Crippen molar-refractivity contribution in [1.29, 1.82) is 0 Å². The molecule has 5 unspecified atom stereocenters. The van der Waals surface area contributed by atoms with Crippen molar-refractivity contribution in [2.75, 3.05) is 0 Å². The lowest BCUT2D eigenvalue weighted by Gasteiger charge is -2.48. The van der Waals surface area contributed by atoms with E-state index < -0.39 is 0 Å². The molecule has 0 saturated heterocycles. The third-order valence-electron chi connectivity index (χ3n) is 8.72. The standard InChI is InChI=1S/C27H25N/c1-2-4-17(5-3-1)19-7-9-26(28-16-19)18-6-8-24-20-10-22-13-23-11-21(25(24)12-18)15-27(22,23)14-20/h1-9,12,16,20-23H,10-11,13-15H2. The first-order valence-electron chi connectivity index (χ1n) is 11.0. The maximum absolute atomic E-state index is 4.83. The molecular weight excluding hydrogens is 338 g/mol. The molecule has 3 fully saturated rings. The second-order valence-electron chi connectivity index (χ2n) is 9.78. The average Bonchev–Trinajstić information content (AvgIpc) is 3.17. The van der Waals surface area contributed by atoms with Gasteiger partial charge in [-0.05, 0) is 90.0 Å². The summed E-state index contributed by atoms with van der Waals surface area (Å²) in [5.74, 6) is 3.72. The number of aromatic nitrogens is 1. The monoisotopic (exact) mass is 363 g/mol. The zero-order valence-corrected chi connectivity index (χ0v) is 16.1. The number of hydrogen-bond donors (Lipinski definition) is 0. The lowest BCUT2D eigenvalue weighted by atomic mass is 9.56. The Balaban J connectivity index is 1.27. The van der Waals surface area contributed by atoms with Gasteiger partial charge in [-0.3, -0.25) is 4.98 Å². The Morgan fingerprint density at radius 1 is 0.679 bits per heavy atom. The molecule has 4 aliphatic carbocycles. The van der Waals surface area contributed by atoms with Crippen LogP contribution in [-0.2, 0) is 0 Å². The second-order valence-corrected chi connectivity index (χ2v) is 9.78. The fourth-order valence-electron chi connectivity index (χ4n) is 7.47. The highest BCUT2D eigenvalue weighted by Gasteiger charge is 2.65. The van der Waals surface area contributed by atoms with Crippen LogP contribution in [0.25, 0.3) is 22.4 Å². The smallest absolute Gasteiger partial charge is 0.0702 e. The maximum atomic E-state index is 4.83. The van der Waals surface area contributed by atoms with Gasteiger partial charge >= 0.3 is 0 Å². The summed E-state index contributed by atoms with van der Waals surface area (Å²) in [6.45, 7) is 0. The Bertz CT molecular complexity index is 1070. The predicted molar refractivity (Wildman–Crippen MR) is 113 cm³/mol. The van der Waals surface area contributed by atoms with Crippen LogP contribution in [-0.4, -0.2) is 4.98 Å². The molecule has 3 saturated carbocycles. The van der Waals surface area contributed by atoms with E-state index in [-0.39, 0.29) is 0 Å². The van der Waals surface area contributed by atoms with E-state index in [1.165, 1.54) is 48.8 Å². The van der Waals surface area contributed by atoms with Gasteiger partial charge in [-0.1, -0.05) is 48.5 Å². The molecule has 1 aromatic heterocycles. The van der Waals surface area contributed by atoms with Crippen molar-refractivity contribution in [3.63, 3.8) is 0 Å². The number of fused-ring (bicyclic) bond motifs is 5. The van der Waals surface area contributed by atoms with Gasteiger partial charge in [-0.15, -0.1) is 0 Å². The van der Waals surface area contributed by atoms with E-state index in [0.717, 1.165) is 34.8 Å². The van der Waals surface area contributed by atoms with Crippen molar-refractivity contribution in [3.8, 4) is 22.4 Å². The molecule has 0 N–H and O–H groups in total. The minimum atomic E-state index is 0.740. The molecule has 1 spiro atoms. The fourth-order valence-corrected chi connectivity index (χ4v) is 7.47. The normalized spacial score (nSPS) is 33.9. The fraction of sp³-hybridized carbons (Fsp3) is 0.370. The zero-order valence-electron chi connectivity index (χ0n) is 16.1. The summed E-state index contributed by atoms with van der Waals surface area (Å²) in [6, 6.07) is 22.2. The lowest BCUT2D eigenvalue weighted by molar-refractivity contribution is 0.00322. The van der Waals surface area contributed by atoms with Crippen molar-refractivity contribution >= 4 is 0 Å². The molecule has 1 heteroatoms. The molecule has 1 heterocycles. The van der Waals surface area contributed by atoms with Crippen molar-refractivity contribution in [2.45, 2.75) is 43.9 Å². The van der Waals surface area contributed by atoms with E-state index in [4.69, 9.17) is 4.98 Å². The molecule has 3 aromatic rings. The summed E-state index contributed by atoms with van der Waals surface area (Å²) in [7, 11) is 0. The molecule has 1 nitrogen and oxygen atoms in total. The molecule has 4 aliphatic rings. The van der Waals surface area contributed by atoms with E-state index in [9.17, 15) is 0 Å². The van der Waals surface area contributed by atoms with Gasteiger partial charge in [-0.2, -0.15) is 0 Å². The third-order valence-corrected chi connectivity index (χ3v) is 8.72. The first-order chi connectivity index (χ1) is 13.8. The molecule has 0 radical (unpaired) electrons. The number of pyridine rings is 1. The van der Waals surface area contributed by atoms with Crippen molar-refractivity contribution in [1.82, 2.24) is 4.98 Å². The number of hydrogen-bond acceptors (Lipinski definition) is 1. The molecule has 138 valence electrons. The first kappa shape index (κ1) is 15.5. The number of nitrogens with zero attached hydrogens (tertiary/aromatic N) is 1. The summed E-state index contributed by atoms with van der Waals surface area (Å²) in [5.41, 5.74) is 8.91. The van der Waals surface area contributed by atoms with Gasteiger partial charge in [0.1, 0.15) is 0 Å². The van der Waals surface area contributed by atoms with E-state index >= 15 is 0 Å². The lowest BCUT2D eigenvalue weighted by Crippen LogP contribution is -2.41. The van der Waals surface area contributed by atoms with Crippen LogP contribution in [0, 0.1) is 17.3 Å². The van der Waals surface area contributed by atoms with Crippen LogP contribution in [0.4, 0.5) is 0 Å². The largest absolute Gasteiger partial charge is 0.256 e. The Morgan fingerprint density at radius 3 is 2.18 bits per heavy atom. The van der Waals surface area contributed by atoms with Crippen LogP contribution in [0.1, 0.15) is 55.1 Å². The minimum Gasteiger partial charge on any atom is -0.256 e. The topological polar surface area (TPSA) is 12.9 Å². The molecule has 2 aromatic carbocycles. The Morgan fingerprint density at radius 2 is 1.43 bits per heavy atom. The van der Waals surface area contributed by atoms with Crippen LogP contribution in [0.3, 0.4) is 0 Å². The summed E-state index contributed by atoms with van der Waals surface area (Å²) < 4.78 is 0. The number of rotatable bonds is 2. The van der Waals surface area contributed by atoms with Crippen molar-refractivity contribution in [2.24, 2.45) is 17.3 Å². The Kier molecular flexibility index (Phi) is 2.96. The summed E-state index contributed by atoms with van der Waals surface area (Å²) in [6.07, 6.45) is 9.40. The van der Waals surface area contributed by atoms with E-state index in [1.807, 2.05) is 6.20 Å². The predicted octanol–water partition coefficient (Wildman–Crippen LogP) is 6.81. The van der Waals surface area contributed by atoms with E-state index in [2.05, 4.69) is 60.7 Å². The summed E-state index contributed by atoms with van der Waals surface area (Å²) in [5, 5.41) is 0. The van der Waals surface area contributed by atoms with Crippen molar-refractivity contribution < 1.29 is 0 Å². The summed E-state index contributed by atoms with van der Waals surface area (Å²) >= 11 is 0. The first-order valence-corrected chi connectivity index (χ1v) is 11.0. The molecule has 28 heavy (non-hydrogen) atoms. The Labute approximate surface area is 166 Å². The van der Waals surface area contributed by atoms with Gasteiger partial charge in [0.15, 0.2) is 0 Å². The van der Waals surface area contributed by atoms with Gasteiger partial charge in [0.2, 0.25) is 0 Å². The van der Waals surface area contributed by atoms with Crippen LogP contribution in [0.15, 0.2) is 66.9 Å². The quantitative estimate of drug-likeness (QED) is 0.487. The molecule has 7 rings (SSSR count). The van der Waals surface area contributed by atoms with Gasteiger partial charge < -0.3 is 0 Å². The van der Waals surface area contributed by atoms with Crippen LogP contribution < -0.4 is 0 Å². The van der Waals surface area contributed by atoms with Crippen LogP contribution >= 0.6 is 0 Å². The molecule has 0 amide bonds. The maximum Gasteiger partial charge on any atom is 0.0702 e. The minimum absolute atomic E-state index is 0.740. The Hall–Kier alpha value is -2.41. The summed E-state index contributed by atoms with van der Waals surface area (Å²) in [4.78, 5) is 4.83. The number of benzene rings is 2. The molecule has 3 bridgehead atoms. The SMILES string of the molecule is c1ccc(-c2ccc(-c3ccc4c(c3)C3CC5CC6CC4CC65C3)nc2)cc1. The van der Waals surface area contributed by atoms with E-state index in [1.54, 1.807) is 11.1 Å². The highest BCUT2D eigenvalue weighted by atomic mass is 14.7. The highest BCUT2D eigenvalue weighted by Crippen LogP contribution is 2.75. The average molecular weight is 364 g/mol. The van der Waals surface area contributed by atoms with Crippen LogP contribution in [0.5, 0.6) is 0 Å². The third kappa shape index (κ3) is 1.95. The van der Waals surface area contributed by atoms with Gasteiger partial charge in [0.25, 0.3) is 0 Å². The molecule has 5 atom stereocenters. The zero-order chi connectivity index (χ0) is 18.3. The molecule has 0 aliphatic heterocycles. The van der Waals surface area contributed by atoms with Crippen molar-refractivity contribution in [3.05, 3.63) is 78.0 Å².